The number of ether oxygens (including phenoxy) is 1. The van der Waals surface area contributed by atoms with Gasteiger partial charge in [-0.05, 0) is 49.9 Å². The van der Waals surface area contributed by atoms with E-state index >= 15 is 0 Å². The molecule has 0 N–H and O–H groups in total. The van der Waals surface area contributed by atoms with Crippen LogP contribution in [0.4, 0.5) is 0 Å². The van der Waals surface area contributed by atoms with E-state index in [2.05, 4.69) is 17.1 Å². The molecule has 2 heterocycles. The molecule has 0 radical (unpaired) electrons. The molecule has 1 saturated heterocycles. The Kier molecular flexibility index (Phi) is 5.61. The Hall–Kier alpha value is -3.38. The molecule has 142 valence electrons. The first-order chi connectivity index (χ1) is 13.5. The third-order valence-electron chi connectivity index (χ3n) is 5.21. The highest BCUT2D eigenvalue weighted by Gasteiger charge is 2.24. The van der Waals surface area contributed by atoms with Crippen LogP contribution in [0.15, 0.2) is 24.3 Å². The number of aryl methyl sites for hydroxylation is 1. The third kappa shape index (κ3) is 3.54. The van der Waals surface area contributed by atoms with Gasteiger partial charge in [-0.15, -0.1) is 0 Å². The van der Waals surface area contributed by atoms with Crippen LogP contribution in [0.25, 0.3) is 11.1 Å². The minimum absolute atomic E-state index is 0.0505. The van der Waals surface area contributed by atoms with Gasteiger partial charge in [0.25, 0.3) is 5.91 Å². The maximum absolute atomic E-state index is 12.8. The molecule has 0 saturated carbocycles. The molecule has 1 aromatic heterocycles. The number of hydrogen-bond donors (Lipinski definition) is 0. The largest absolute Gasteiger partial charge is 0.480 e. The molecule has 28 heavy (non-hydrogen) atoms. The van der Waals surface area contributed by atoms with Crippen molar-refractivity contribution in [3.63, 3.8) is 0 Å². The number of nitrogens with zero attached hydrogens (tertiary/aromatic N) is 4. The van der Waals surface area contributed by atoms with Crippen LogP contribution in [-0.4, -0.2) is 36.0 Å². The van der Waals surface area contributed by atoms with Crippen LogP contribution in [0.1, 0.15) is 40.0 Å². The highest BCUT2D eigenvalue weighted by molar-refractivity contribution is 5.95. The molecule has 6 nitrogen and oxygen atoms in total. The molecular formula is C22H22N4O2. The summed E-state index contributed by atoms with van der Waals surface area (Å²) in [4.78, 5) is 18.9. The summed E-state index contributed by atoms with van der Waals surface area (Å²) in [6.07, 6.45) is 1.71. The first kappa shape index (κ1) is 19.4. The number of nitriles is 2. The van der Waals surface area contributed by atoms with Crippen molar-refractivity contribution in [2.24, 2.45) is 5.92 Å². The predicted octanol–water partition coefficient (Wildman–Crippen LogP) is 3.62. The van der Waals surface area contributed by atoms with E-state index in [0.717, 1.165) is 35.2 Å². The van der Waals surface area contributed by atoms with E-state index in [-0.39, 0.29) is 11.8 Å². The van der Waals surface area contributed by atoms with Crippen LogP contribution < -0.4 is 4.74 Å². The van der Waals surface area contributed by atoms with Crippen molar-refractivity contribution in [3.05, 3.63) is 46.6 Å². The van der Waals surface area contributed by atoms with Gasteiger partial charge in [0.1, 0.15) is 11.6 Å². The van der Waals surface area contributed by atoms with Gasteiger partial charge in [-0.1, -0.05) is 12.1 Å². The average molecular weight is 374 g/mol. The van der Waals surface area contributed by atoms with Gasteiger partial charge in [-0.3, -0.25) is 4.79 Å². The van der Waals surface area contributed by atoms with Crippen molar-refractivity contribution in [1.82, 2.24) is 9.88 Å². The molecule has 1 unspecified atom stereocenters. The summed E-state index contributed by atoms with van der Waals surface area (Å²) in [6, 6.07) is 11.8. The number of amides is 1. The molecule has 0 aliphatic carbocycles. The highest BCUT2D eigenvalue weighted by Crippen LogP contribution is 2.32. The van der Waals surface area contributed by atoms with E-state index in [4.69, 9.17) is 10.00 Å². The molecule has 2 aromatic rings. The summed E-state index contributed by atoms with van der Waals surface area (Å²) in [7, 11) is 1.50. The van der Waals surface area contributed by atoms with Gasteiger partial charge in [-0.2, -0.15) is 10.5 Å². The number of piperidine rings is 1. The lowest BCUT2D eigenvalue weighted by molar-refractivity contribution is 0.0699. The quantitative estimate of drug-likeness (QED) is 0.818. The second-order valence-electron chi connectivity index (χ2n) is 6.99. The Morgan fingerprint density at radius 1 is 1.25 bits per heavy atom. The third-order valence-corrected chi connectivity index (χ3v) is 5.21. The predicted molar refractivity (Wildman–Crippen MR) is 105 cm³/mol. The molecule has 0 spiro atoms. The molecule has 3 rings (SSSR count). The van der Waals surface area contributed by atoms with Gasteiger partial charge >= 0.3 is 0 Å². The molecule has 1 aromatic carbocycles. The zero-order chi connectivity index (χ0) is 20.3. The van der Waals surface area contributed by atoms with Crippen molar-refractivity contribution in [2.45, 2.75) is 26.7 Å². The second-order valence-corrected chi connectivity index (χ2v) is 6.99. The topological polar surface area (TPSA) is 90.0 Å². The molecule has 1 amide bonds. The molecule has 6 heteroatoms. The number of rotatable bonds is 3. The summed E-state index contributed by atoms with van der Waals surface area (Å²) < 4.78 is 5.22. The zero-order valence-electron chi connectivity index (χ0n) is 16.3. The number of pyridine rings is 1. The standard InChI is InChI=1S/C22H22N4O2/c1-14-19(12-24)21(28-3)25-15(2)20(14)17-6-8-18(9-7-17)22(27)26-10-4-5-16(11-23)13-26/h6-9,16H,4-5,10,13H2,1-3H3. The van der Waals surface area contributed by atoms with Gasteiger partial charge in [0, 0.05) is 29.9 Å². The molecule has 1 fully saturated rings. The lowest BCUT2D eigenvalue weighted by atomic mass is 9.95. The van der Waals surface area contributed by atoms with Crippen molar-refractivity contribution in [3.8, 4) is 29.1 Å². The zero-order valence-corrected chi connectivity index (χ0v) is 16.3. The summed E-state index contributed by atoms with van der Waals surface area (Å²) in [5.41, 5.74) is 4.35. The highest BCUT2D eigenvalue weighted by atomic mass is 16.5. The Morgan fingerprint density at radius 3 is 2.57 bits per heavy atom. The van der Waals surface area contributed by atoms with Crippen molar-refractivity contribution in [1.29, 1.82) is 10.5 Å². The smallest absolute Gasteiger partial charge is 0.253 e. The van der Waals surface area contributed by atoms with E-state index in [9.17, 15) is 10.1 Å². The minimum atomic E-state index is -0.0861. The van der Waals surface area contributed by atoms with E-state index in [1.165, 1.54) is 7.11 Å². The number of likely N-dealkylation sites (tertiary alicyclic amines) is 1. The van der Waals surface area contributed by atoms with Crippen LogP contribution in [0.2, 0.25) is 0 Å². The molecule has 1 atom stereocenters. The molecule has 1 aliphatic rings. The van der Waals surface area contributed by atoms with E-state index in [0.29, 0.717) is 30.1 Å². The Bertz CT molecular complexity index is 984. The van der Waals surface area contributed by atoms with Crippen LogP contribution >= 0.6 is 0 Å². The van der Waals surface area contributed by atoms with Gasteiger partial charge < -0.3 is 9.64 Å². The summed E-state index contributed by atoms with van der Waals surface area (Å²) in [5.74, 6) is 0.188. The van der Waals surface area contributed by atoms with Crippen LogP contribution in [-0.2, 0) is 0 Å². The van der Waals surface area contributed by atoms with E-state index in [1.54, 1.807) is 17.0 Å². The maximum Gasteiger partial charge on any atom is 0.253 e. The Morgan fingerprint density at radius 2 is 1.96 bits per heavy atom. The fraction of sp³-hybridized carbons (Fsp3) is 0.364. The minimum Gasteiger partial charge on any atom is -0.480 e. The number of carbonyl (C=O) groups excluding carboxylic acids is 1. The van der Waals surface area contributed by atoms with Gasteiger partial charge in [-0.25, -0.2) is 4.98 Å². The maximum atomic E-state index is 12.8. The van der Waals surface area contributed by atoms with Crippen LogP contribution in [0.5, 0.6) is 5.88 Å². The number of carbonyl (C=O) groups is 1. The SMILES string of the molecule is COc1nc(C)c(-c2ccc(C(=O)N3CCCC(C#N)C3)cc2)c(C)c1C#N. The second kappa shape index (κ2) is 8.10. The first-order valence-corrected chi connectivity index (χ1v) is 9.24. The van der Waals surface area contributed by atoms with Crippen molar-refractivity contribution < 1.29 is 9.53 Å². The van der Waals surface area contributed by atoms with Crippen LogP contribution in [0.3, 0.4) is 0 Å². The first-order valence-electron chi connectivity index (χ1n) is 9.24. The lowest BCUT2D eigenvalue weighted by Crippen LogP contribution is -2.39. The van der Waals surface area contributed by atoms with Crippen molar-refractivity contribution >= 4 is 5.91 Å². The normalized spacial score (nSPS) is 16.2. The van der Waals surface area contributed by atoms with Crippen molar-refractivity contribution in [2.75, 3.05) is 20.2 Å². The molecule has 1 aliphatic heterocycles. The van der Waals surface area contributed by atoms with E-state index < -0.39 is 0 Å². The Balaban J connectivity index is 1.91. The number of aromatic nitrogens is 1. The van der Waals surface area contributed by atoms with Gasteiger partial charge in [0.2, 0.25) is 5.88 Å². The number of benzene rings is 1. The number of hydrogen-bond acceptors (Lipinski definition) is 5. The van der Waals surface area contributed by atoms with E-state index in [1.807, 2.05) is 26.0 Å². The molecule has 0 bridgehead atoms. The fourth-order valence-electron chi connectivity index (χ4n) is 3.75. The number of methoxy groups -OCH3 is 1. The summed E-state index contributed by atoms with van der Waals surface area (Å²) >= 11 is 0. The lowest BCUT2D eigenvalue weighted by Gasteiger charge is -2.29. The average Bonchev–Trinajstić information content (AvgIpc) is 2.73. The summed E-state index contributed by atoms with van der Waals surface area (Å²) in [5, 5.41) is 18.6. The Labute approximate surface area is 165 Å². The summed E-state index contributed by atoms with van der Waals surface area (Å²) in [6.45, 7) is 4.93. The monoisotopic (exact) mass is 374 g/mol. The van der Waals surface area contributed by atoms with Gasteiger partial charge in [0.15, 0.2) is 0 Å². The van der Waals surface area contributed by atoms with Crippen LogP contribution in [0, 0.1) is 42.4 Å². The van der Waals surface area contributed by atoms with Gasteiger partial charge in [0.05, 0.1) is 19.1 Å². The molecular weight excluding hydrogens is 352 g/mol. The fourth-order valence-corrected chi connectivity index (χ4v) is 3.75.